The van der Waals surface area contributed by atoms with Crippen molar-refractivity contribution >= 4 is 23.6 Å². The summed E-state index contributed by atoms with van der Waals surface area (Å²) in [6.45, 7) is 3.59. The van der Waals surface area contributed by atoms with Gasteiger partial charge in [0.05, 0.1) is 13.2 Å². The van der Waals surface area contributed by atoms with Gasteiger partial charge in [-0.3, -0.25) is 9.79 Å². The number of carbonyl (C=O) groups is 2. The lowest BCUT2D eigenvalue weighted by Gasteiger charge is -2.32. The number of nitrogens with one attached hydrogen (secondary N) is 3. The SMILES string of the molecule is CCOC(=O)N1CCC(NC(=NC)NCC(=O)Nc2ccccc2)CC1. The molecule has 0 spiro atoms. The van der Waals surface area contributed by atoms with Gasteiger partial charge in [0.2, 0.25) is 5.91 Å². The number of rotatable bonds is 5. The molecule has 1 heterocycles. The predicted molar refractivity (Wildman–Crippen MR) is 101 cm³/mol. The Kier molecular flexibility index (Phi) is 7.73. The molecule has 0 radical (unpaired) electrons. The maximum Gasteiger partial charge on any atom is 0.409 e. The lowest BCUT2D eigenvalue weighted by atomic mass is 10.1. The summed E-state index contributed by atoms with van der Waals surface area (Å²) < 4.78 is 5.02. The molecule has 8 heteroatoms. The van der Waals surface area contributed by atoms with Crippen molar-refractivity contribution in [1.29, 1.82) is 0 Å². The Bertz CT molecular complexity index is 613. The first kappa shape index (κ1) is 19.6. The molecule has 0 aromatic heterocycles. The number of piperidine rings is 1. The van der Waals surface area contributed by atoms with Crippen LogP contribution in [0.25, 0.3) is 0 Å². The number of carbonyl (C=O) groups excluding carboxylic acids is 2. The molecular formula is C18H27N5O3. The molecule has 1 fully saturated rings. The minimum Gasteiger partial charge on any atom is -0.450 e. The summed E-state index contributed by atoms with van der Waals surface area (Å²) >= 11 is 0. The van der Waals surface area contributed by atoms with Crippen molar-refractivity contribution in [2.75, 3.05) is 38.6 Å². The van der Waals surface area contributed by atoms with Crippen molar-refractivity contribution in [3.8, 4) is 0 Å². The monoisotopic (exact) mass is 361 g/mol. The van der Waals surface area contributed by atoms with Gasteiger partial charge in [-0.1, -0.05) is 18.2 Å². The highest BCUT2D eigenvalue weighted by Gasteiger charge is 2.24. The van der Waals surface area contributed by atoms with Crippen molar-refractivity contribution in [2.45, 2.75) is 25.8 Å². The van der Waals surface area contributed by atoms with E-state index in [0.29, 0.717) is 25.7 Å². The number of anilines is 1. The van der Waals surface area contributed by atoms with Crippen LogP contribution in [0.4, 0.5) is 10.5 Å². The predicted octanol–water partition coefficient (Wildman–Crippen LogP) is 1.41. The number of hydrogen-bond donors (Lipinski definition) is 3. The number of nitrogens with zero attached hydrogens (tertiary/aromatic N) is 2. The molecule has 0 saturated carbocycles. The van der Waals surface area contributed by atoms with E-state index in [1.54, 1.807) is 18.9 Å². The quantitative estimate of drug-likeness (QED) is 0.544. The largest absolute Gasteiger partial charge is 0.450 e. The number of guanidine groups is 1. The fourth-order valence-corrected chi connectivity index (χ4v) is 2.70. The van der Waals surface area contributed by atoms with Crippen LogP contribution in [0.5, 0.6) is 0 Å². The Balaban J connectivity index is 1.71. The van der Waals surface area contributed by atoms with Crippen molar-refractivity contribution in [3.63, 3.8) is 0 Å². The third-order valence-corrected chi connectivity index (χ3v) is 4.06. The van der Waals surface area contributed by atoms with Gasteiger partial charge < -0.3 is 25.6 Å². The van der Waals surface area contributed by atoms with Crippen LogP contribution in [0.3, 0.4) is 0 Å². The van der Waals surface area contributed by atoms with Gasteiger partial charge in [-0.05, 0) is 31.9 Å². The van der Waals surface area contributed by atoms with Gasteiger partial charge in [-0.25, -0.2) is 4.79 Å². The normalized spacial score (nSPS) is 15.3. The lowest BCUT2D eigenvalue weighted by molar-refractivity contribution is -0.115. The smallest absolute Gasteiger partial charge is 0.409 e. The second kappa shape index (κ2) is 10.3. The average Bonchev–Trinajstić information content (AvgIpc) is 2.66. The summed E-state index contributed by atoms with van der Waals surface area (Å²) in [6.07, 6.45) is 1.34. The molecule has 2 amide bonds. The van der Waals surface area contributed by atoms with E-state index in [1.165, 1.54) is 0 Å². The van der Waals surface area contributed by atoms with Crippen LogP contribution in [-0.4, -0.2) is 62.2 Å². The van der Waals surface area contributed by atoms with Gasteiger partial charge in [0.15, 0.2) is 5.96 Å². The van der Waals surface area contributed by atoms with Crippen LogP contribution in [-0.2, 0) is 9.53 Å². The van der Waals surface area contributed by atoms with E-state index in [0.717, 1.165) is 18.5 Å². The molecule has 26 heavy (non-hydrogen) atoms. The van der Waals surface area contributed by atoms with E-state index in [-0.39, 0.29) is 24.6 Å². The Hall–Kier alpha value is -2.77. The van der Waals surface area contributed by atoms with E-state index in [1.807, 2.05) is 30.3 Å². The molecule has 2 rings (SSSR count). The highest BCUT2D eigenvalue weighted by Crippen LogP contribution is 2.11. The summed E-state index contributed by atoms with van der Waals surface area (Å²) in [5.74, 6) is 0.430. The molecule has 1 aromatic rings. The van der Waals surface area contributed by atoms with Gasteiger partial charge in [0, 0.05) is 31.9 Å². The van der Waals surface area contributed by atoms with Crippen LogP contribution >= 0.6 is 0 Å². The van der Waals surface area contributed by atoms with E-state index in [9.17, 15) is 9.59 Å². The number of likely N-dealkylation sites (tertiary alicyclic amines) is 1. The molecule has 1 aromatic carbocycles. The fraction of sp³-hybridized carbons (Fsp3) is 0.500. The molecule has 0 aliphatic carbocycles. The molecule has 0 atom stereocenters. The van der Waals surface area contributed by atoms with E-state index in [4.69, 9.17) is 4.74 Å². The van der Waals surface area contributed by atoms with Gasteiger partial charge in [-0.2, -0.15) is 0 Å². The topological polar surface area (TPSA) is 95.1 Å². The summed E-state index contributed by atoms with van der Waals surface area (Å²) in [6, 6.07) is 9.50. The molecule has 1 aliphatic heterocycles. The van der Waals surface area contributed by atoms with Crippen molar-refractivity contribution in [2.24, 2.45) is 4.99 Å². The van der Waals surface area contributed by atoms with Crippen molar-refractivity contribution in [1.82, 2.24) is 15.5 Å². The van der Waals surface area contributed by atoms with Gasteiger partial charge in [-0.15, -0.1) is 0 Å². The maximum absolute atomic E-state index is 12.0. The Morgan fingerprint density at radius 1 is 1.23 bits per heavy atom. The number of aliphatic imine (C=N–C) groups is 1. The zero-order valence-electron chi connectivity index (χ0n) is 15.3. The van der Waals surface area contributed by atoms with E-state index < -0.39 is 0 Å². The van der Waals surface area contributed by atoms with E-state index in [2.05, 4.69) is 20.9 Å². The second-order valence-electron chi connectivity index (χ2n) is 5.94. The average molecular weight is 361 g/mol. The van der Waals surface area contributed by atoms with Gasteiger partial charge in [0.1, 0.15) is 0 Å². The highest BCUT2D eigenvalue weighted by atomic mass is 16.6. The second-order valence-corrected chi connectivity index (χ2v) is 5.94. The molecule has 3 N–H and O–H groups in total. The maximum atomic E-state index is 12.0. The molecule has 142 valence electrons. The molecule has 1 saturated heterocycles. The summed E-state index contributed by atoms with van der Waals surface area (Å²) in [4.78, 5) is 29.6. The first-order valence-electron chi connectivity index (χ1n) is 8.86. The van der Waals surface area contributed by atoms with Crippen LogP contribution in [0, 0.1) is 0 Å². The fourth-order valence-electron chi connectivity index (χ4n) is 2.70. The number of para-hydroxylation sites is 1. The third-order valence-electron chi connectivity index (χ3n) is 4.06. The molecule has 0 bridgehead atoms. The Labute approximate surface area is 154 Å². The van der Waals surface area contributed by atoms with Crippen LogP contribution in [0.15, 0.2) is 35.3 Å². The van der Waals surface area contributed by atoms with Crippen LogP contribution in [0.1, 0.15) is 19.8 Å². The van der Waals surface area contributed by atoms with Gasteiger partial charge >= 0.3 is 6.09 Å². The van der Waals surface area contributed by atoms with E-state index >= 15 is 0 Å². The third kappa shape index (κ3) is 6.27. The van der Waals surface area contributed by atoms with Crippen LogP contribution < -0.4 is 16.0 Å². The number of benzene rings is 1. The zero-order chi connectivity index (χ0) is 18.8. The molecule has 1 aliphatic rings. The first-order valence-corrected chi connectivity index (χ1v) is 8.86. The zero-order valence-corrected chi connectivity index (χ0v) is 15.3. The minimum absolute atomic E-state index is 0.121. The Morgan fingerprint density at radius 3 is 2.54 bits per heavy atom. The minimum atomic E-state index is -0.258. The lowest BCUT2D eigenvalue weighted by Crippen LogP contribution is -2.50. The number of hydrogen-bond acceptors (Lipinski definition) is 4. The number of amides is 2. The van der Waals surface area contributed by atoms with Crippen molar-refractivity contribution < 1.29 is 14.3 Å². The highest BCUT2D eigenvalue weighted by molar-refractivity contribution is 5.95. The van der Waals surface area contributed by atoms with Gasteiger partial charge in [0.25, 0.3) is 0 Å². The summed E-state index contributed by atoms with van der Waals surface area (Å²) in [5, 5.41) is 9.12. The standard InChI is InChI=1S/C18H27N5O3/c1-3-26-18(25)23-11-9-15(10-12-23)22-17(19-2)20-13-16(24)21-14-7-5-4-6-8-14/h4-8,15H,3,9-13H2,1-2H3,(H,21,24)(H2,19,20,22). The summed E-state index contributed by atoms with van der Waals surface area (Å²) in [5.41, 5.74) is 0.758. The molecule has 8 nitrogen and oxygen atoms in total. The van der Waals surface area contributed by atoms with Crippen molar-refractivity contribution in [3.05, 3.63) is 30.3 Å². The number of ether oxygens (including phenoxy) is 1. The molecular weight excluding hydrogens is 334 g/mol. The summed E-state index contributed by atoms with van der Waals surface area (Å²) in [7, 11) is 1.66. The van der Waals surface area contributed by atoms with Crippen LogP contribution in [0.2, 0.25) is 0 Å². The molecule has 0 unspecified atom stereocenters. The Morgan fingerprint density at radius 2 is 1.92 bits per heavy atom. The first-order chi connectivity index (χ1) is 12.6.